The van der Waals surface area contributed by atoms with E-state index >= 15 is 0 Å². The van der Waals surface area contributed by atoms with Crippen LogP contribution in [-0.4, -0.2) is 28.2 Å². The van der Waals surface area contributed by atoms with Crippen LogP contribution in [0.5, 0.6) is 0 Å². The Labute approximate surface area is 137 Å². The minimum Gasteiger partial charge on any atom is -0.388 e. The predicted molar refractivity (Wildman–Crippen MR) is 90.3 cm³/mol. The number of piperidine rings is 1. The molecule has 1 aliphatic carbocycles. The van der Waals surface area contributed by atoms with Gasteiger partial charge in [-0.1, -0.05) is 6.07 Å². The lowest BCUT2D eigenvalue weighted by Gasteiger charge is -2.35. The van der Waals surface area contributed by atoms with Crippen LogP contribution in [0.15, 0.2) is 43.0 Å². The molecule has 0 spiro atoms. The minimum absolute atomic E-state index is 0.315. The van der Waals surface area contributed by atoms with E-state index in [1.54, 1.807) is 12.4 Å². The number of aliphatic hydroxyl groups excluding tert-OH is 1. The van der Waals surface area contributed by atoms with Crippen molar-refractivity contribution in [3.8, 4) is 0 Å². The number of aromatic nitrogens is 2. The summed E-state index contributed by atoms with van der Waals surface area (Å²) in [6.07, 6.45) is 11.7. The summed E-state index contributed by atoms with van der Waals surface area (Å²) in [4.78, 5) is 10.9. The van der Waals surface area contributed by atoms with Gasteiger partial charge in [0.25, 0.3) is 0 Å². The Balaban J connectivity index is 1.40. The molecule has 0 bridgehead atoms. The Morgan fingerprint density at radius 3 is 2.57 bits per heavy atom. The number of nitrogens with zero attached hydrogens (tertiary/aromatic N) is 3. The molecule has 0 aromatic carbocycles. The lowest BCUT2D eigenvalue weighted by Crippen LogP contribution is -2.35. The van der Waals surface area contributed by atoms with Gasteiger partial charge >= 0.3 is 0 Å². The van der Waals surface area contributed by atoms with Gasteiger partial charge in [-0.15, -0.1) is 0 Å². The highest BCUT2D eigenvalue weighted by Gasteiger charge is 2.28. The molecule has 3 heterocycles. The Kier molecular flexibility index (Phi) is 4.00. The van der Waals surface area contributed by atoms with Crippen molar-refractivity contribution >= 4 is 5.69 Å². The van der Waals surface area contributed by atoms with Crippen molar-refractivity contribution in [2.24, 2.45) is 5.92 Å². The molecular weight excluding hydrogens is 286 g/mol. The first-order chi connectivity index (χ1) is 11.3. The van der Waals surface area contributed by atoms with E-state index in [1.807, 2.05) is 24.5 Å². The SMILES string of the molecule is O[C@H](c1cccnc1)C1CCN(c2cncc(C3CC3)c2)CC1. The average Bonchev–Trinajstić information content (AvgIpc) is 3.47. The van der Waals surface area contributed by atoms with Crippen molar-refractivity contribution in [1.82, 2.24) is 9.97 Å². The summed E-state index contributed by atoms with van der Waals surface area (Å²) in [6.45, 7) is 1.97. The number of hydrogen-bond acceptors (Lipinski definition) is 4. The molecule has 1 saturated heterocycles. The van der Waals surface area contributed by atoms with Crippen LogP contribution in [0.2, 0.25) is 0 Å². The van der Waals surface area contributed by atoms with E-state index in [2.05, 4.69) is 20.9 Å². The van der Waals surface area contributed by atoms with Gasteiger partial charge in [0, 0.05) is 31.7 Å². The zero-order valence-corrected chi connectivity index (χ0v) is 13.3. The second-order valence-electron chi connectivity index (χ2n) is 6.81. The Bertz CT molecular complexity index is 649. The molecule has 23 heavy (non-hydrogen) atoms. The van der Waals surface area contributed by atoms with E-state index in [-0.39, 0.29) is 0 Å². The van der Waals surface area contributed by atoms with Crippen LogP contribution >= 0.6 is 0 Å². The lowest BCUT2D eigenvalue weighted by atomic mass is 9.88. The molecule has 1 N–H and O–H groups in total. The van der Waals surface area contributed by atoms with Crippen molar-refractivity contribution < 1.29 is 5.11 Å². The van der Waals surface area contributed by atoms with Crippen LogP contribution in [0.3, 0.4) is 0 Å². The van der Waals surface area contributed by atoms with E-state index in [4.69, 9.17) is 0 Å². The fraction of sp³-hybridized carbons (Fsp3) is 0.474. The summed E-state index contributed by atoms with van der Waals surface area (Å²) in [5.74, 6) is 1.06. The van der Waals surface area contributed by atoms with Crippen LogP contribution in [0.1, 0.15) is 48.8 Å². The van der Waals surface area contributed by atoms with Crippen molar-refractivity contribution in [3.63, 3.8) is 0 Å². The Hall–Kier alpha value is -1.94. The first-order valence-corrected chi connectivity index (χ1v) is 8.59. The standard InChI is InChI=1S/C19H23N3O/c23-19(16-2-1-7-20-11-16)15-5-8-22(9-6-15)18-10-17(12-21-13-18)14-3-4-14/h1-2,7,10-15,19,23H,3-6,8-9H2/t19-/m0/s1. The summed E-state index contributed by atoms with van der Waals surface area (Å²) in [7, 11) is 0. The first kappa shape index (κ1) is 14.6. The molecule has 2 aromatic rings. The minimum atomic E-state index is -0.401. The second kappa shape index (κ2) is 6.28. The molecule has 2 fully saturated rings. The maximum absolute atomic E-state index is 10.6. The third kappa shape index (κ3) is 3.22. The predicted octanol–water partition coefficient (Wildman–Crippen LogP) is 3.30. The third-order valence-electron chi connectivity index (χ3n) is 5.17. The molecule has 4 heteroatoms. The molecule has 1 saturated carbocycles. The summed E-state index contributed by atoms with van der Waals surface area (Å²) >= 11 is 0. The lowest BCUT2D eigenvalue weighted by molar-refractivity contribution is 0.0926. The highest BCUT2D eigenvalue weighted by atomic mass is 16.3. The largest absolute Gasteiger partial charge is 0.388 e. The number of anilines is 1. The molecule has 0 radical (unpaired) electrons. The average molecular weight is 309 g/mol. The number of hydrogen-bond donors (Lipinski definition) is 1. The normalized spacial score (nSPS) is 20.5. The molecule has 4 nitrogen and oxygen atoms in total. The van der Waals surface area contributed by atoms with Gasteiger partial charge in [-0.2, -0.15) is 0 Å². The zero-order valence-electron chi connectivity index (χ0n) is 13.3. The van der Waals surface area contributed by atoms with E-state index in [1.165, 1.54) is 24.1 Å². The fourth-order valence-electron chi connectivity index (χ4n) is 3.55. The van der Waals surface area contributed by atoms with Gasteiger partial charge in [-0.05, 0) is 60.8 Å². The zero-order chi connectivity index (χ0) is 15.6. The fourth-order valence-corrected chi connectivity index (χ4v) is 3.55. The highest BCUT2D eigenvalue weighted by Crippen LogP contribution is 2.41. The Morgan fingerprint density at radius 1 is 1.04 bits per heavy atom. The third-order valence-corrected chi connectivity index (χ3v) is 5.17. The van der Waals surface area contributed by atoms with E-state index in [0.717, 1.165) is 37.4 Å². The number of pyridine rings is 2. The topological polar surface area (TPSA) is 49.3 Å². The van der Waals surface area contributed by atoms with Crippen LogP contribution in [0, 0.1) is 5.92 Å². The van der Waals surface area contributed by atoms with Crippen LogP contribution < -0.4 is 4.90 Å². The van der Waals surface area contributed by atoms with Crippen molar-refractivity contribution in [1.29, 1.82) is 0 Å². The molecule has 0 amide bonds. The molecule has 2 aromatic heterocycles. The van der Waals surface area contributed by atoms with Gasteiger partial charge in [0.1, 0.15) is 0 Å². The van der Waals surface area contributed by atoms with Crippen LogP contribution in [0.25, 0.3) is 0 Å². The molecule has 2 aliphatic rings. The first-order valence-electron chi connectivity index (χ1n) is 8.59. The van der Waals surface area contributed by atoms with E-state index in [0.29, 0.717) is 5.92 Å². The highest BCUT2D eigenvalue weighted by molar-refractivity contribution is 5.47. The van der Waals surface area contributed by atoms with E-state index in [9.17, 15) is 5.11 Å². The number of rotatable bonds is 4. The Morgan fingerprint density at radius 2 is 1.87 bits per heavy atom. The molecule has 120 valence electrons. The number of aliphatic hydroxyl groups is 1. The quantitative estimate of drug-likeness (QED) is 0.941. The van der Waals surface area contributed by atoms with Gasteiger partial charge in [-0.25, -0.2) is 0 Å². The molecule has 0 unspecified atom stereocenters. The van der Waals surface area contributed by atoms with Gasteiger partial charge in [-0.3, -0.25) is 9.97 Å². The van der Waals surface area contributed by atoms with Crippen molar-refractivity contribution in [2.45, 2.75) is 37.7 Å². The molecule has 1 aliphatic heterocycles. The summed E-state index contributed by atoms with van der Waals surface area (Å²) < 4.78 is 0. The van der Waals surface area contributed by atoms with Crippen molar-refractivity contribution in [3.05, 3.63) is 54.1 Å². The maximum Gasteiger partial charge on any atom is 0.0834 e. The van der Waals surface area contributed by atoms with Crippen LogP contribution in [0.4, 0.5) is 5.69 Å². The van der Waals surface area contributed by atoms with Gasteiger partial charge < -0.3 is 10.0 Å². The van der Waals surface area contributed by atoms with E-state index < -0.39 is 6.10 Å². The molecular formula is C19H23N3O. The summed E-state index contributed by atoms with van der Waals surface area (Å²) in [6, 6.07) is 6.17. The molecule has 4 rings (SSSR count). The molecule has 1 atom stereocenters. The smallest absolute Gasteiger partial charge is 0.0834 e. The summed E-state index contributed by atoms with van der Waals surface area (Å²) in [5, 5.41) is 10.6. The van der Waals surface area contributed by atoms with Crippen LogP contribution in [-0.2, 0) is 0 Å². The summed E-state index contributed by atoms with van der Waals surface area (Å²) in [5.41, 5.74) is 3.56. The monoisotopic (exact) mass is 309 g/mol. The maximum atomic E-state index is 10.6. The van der Waals surface area contributed by atoms with Gasteiger partial charge in [0.15, 0.2) is 0 Å². The van der Waals surface area contributed by atoms with Gasteiger partial charge in [0.05, 0.1) is 18.0 Å². The van der Waals surface area contributed by atoms with Gasteiger partial charge in [0.2, 0.25) is 0 Å². The van der Waals surface area contributed by atoms with Crippen molar-refractivity contribution in [2.75, 3.05) is 18.0 Å². The second-order valence-corrected chi connectivity index (χ2v) is 6.81.